The molecular weight excluding hydrogens is 425 g/mol. The number of nitrogens with one attached hydrogen (secondary N) is 1. The van der Waals surface area contributed by atoms with E-state index in [1.165, 1.54) is 24.9 Å². The van der Waals surface area contributed by atoms with Gasteiger partial charge < -0.3 is 4.74 Å². The standard InChI is InChI=1S/C15H15Cl2NO4S3/c1-22-15(19)11(9-23-8-10-5-3-2-4-6-10)18-25(20,21)12-7-13(16)24-14(12)17/h2-7,11,18H,8-9H2,1H3/t11-/m0/s1. The molecule has 0 fully saturated rings. The number of carbonyl (C=O) groups excluding carboxylic acids is 1. The molecule has 5 nitrogen and oxygen atoms in total. The van der Waals surface area contributed by atoms with Gasteiger partial charge in [0.1, 0.15) is 15.3 Å². The highest BCUT2D eigenvalue weighted by atomic mass is 35.5. The van der Waals surface area contributed by atoms with Crippen LogP contribution in [0, 0.1) is 0 Å². The molecule has 0 unspecified atom stereocenters. The van der Waals surface area contributed by atoms with Gasteiger partial charge in [-0.15, -0.1) is 11.3 Å². The Morgan fingerprint density at radius 2 is 2.00 bits per heavy atom. The number of methoxy groups -OCH3 is 1. The molecule has 136 valence electrons. The van der Waals surface area contributed by atoms with Crippen LogP contribution >= 0.6 is 46.3 Å². The zero-order valence-electron chi connectivity index (χ0n) is 13.1. The van der Waals surface area contributed by atoms with Crippen LogP contribution in [0.4, 0.5) is 0 Å². The third kappa shape index (κ3) is 5.87. The Balaban J connectivity index is 2.07. The minimum absolute atomic E-state index is 0.0399. The molecule has 0 bridgehead atoms. The molecule has 0 aliphatic heterocycles. The third-order valence-corrected chi connectivity index (χ3v) is 7.43. The van der Waals surface area contributed by atoms with Crippen LogP contribution in [-0.4, -0.2) is 33.3 Å². The van der Waals surface area contributed by atoms with Crippen molar-refractivity contribution < 1.29 is 17.9 Å². The Bertz CT molecular complexity index is 825. The number of benzene rings is 1. The lowest BCUT2D eigenvalue weighted by molar-refractivity contribution is -0.141. The summed E-state index contributed by atoms with van der Waals surface area (Å²) in [5.41, 5.74) is 1.08. The van der Waals surface area contributed by atoms with Crippen LogP contribution in [0.1, 0.15) is 5.56 Å². The molecule has 0 saturated heterocycles. The van der Waals surface area contributed by atoms with E-state index in [-0.39, 0.29) is 19.3 Å². The summed E-state index contributed by atoms with van der Waals surface area (Å²) in [5.74, 6) is 0.193. The van der Waals surface area contributed by atoms with Gasteiger partial charge in [-0.05, 0) is 11.6 Å². The van der Waals surface area contributed by atoms with Crippen LogP contribution in [0.5, 0.6) is 0 Å². The Labute approximate surface area is 164 Å². The number of carbonyl (C=O) groups is 1. The number of rotatable bonds is 8. The maximum absolute atomic E-state index is 12.5. The number of ether oxygens (including phenoxy) is 1. The van der Waals surface area contributed by atoms with Crippen molar-refractivity contribution in [2.75, 3.05) is 12.9 Å². The van der Waals surface area contributed by atoms with Gasteiger partial charge in [-0.2, -0.15) is 16.5 Å². The summed E-state index contributed by atoms with van der Waals surface area (Å²) in [5, 5.41) is 0. The fourth-order valence-corrected chi connectivity index (χ4v) is 6.36. The molecule has 1 heterocycles. The summed E-state index contributed by atoms with van der Waals surface area (Å²) in [6.45, 7) is 0. The average molecular weight is 440 g/mol. The molecule has 1 atom stereocenters. The van der Waals surface area contributed by atoms with Gasteiger partial charge in [0, 0.05) is 11.5 Å². The van der Waals surface area contributed by atoms with Crippen molar-refractivity contribution in [1.29, 1.82) is 0 Å². The smallest absolute Gasteiger partial charge is 0.324 e. The van der Waals surface area contributed by atoms with Gasteiger partial charge in [0.25, 0.3) is 0 Å². The lowest BCUT2D eigenvalue weighted by atomic mass is 10.2. The molecule has 0 saturated carbocycles. The summed E-state index contributed by atoms with van der Waals surface area (Å²) >= 11 is 14.1. The van der Waals surface area contributed by atoms with Crippen molar-refractivity contribution in [2.24, 2.45) is 0 Å². The molecule has 0 amide bonds. The molecule has 1 aromatic carbocycles. The molecule has 1 aromatic heterocycles. The highest BCUT2D eigenvalue weighted by molar-refractivity contribution is 7.98. The van der Waals surface area contributed by atoms with Gasteiger partial charge in [0.05, 0.1) is 11.4 Å². The number of thioether (sulfide) groups is 1. The first-order chi connectivity index (χ1) is 11.8. The predicted molar refractivity (Wildman–Crippen MR) is 103 cm³/mol. The molecule has 2 rings (SSSR count). The van der Waals surface area contributed by atoms with E-state index in [1.807, 2.05) is 30.3 Å². The second-order valence-electron chi connectivity index (χ2n) is 4.89. The van der Waals surface area contributed by atoms with Crippen LogP contribution in [0.2, 0.25) is 8.67 Å². The summed E-state index contributed by atoms with van der Waals surface area (Å²) in [6, 6.07) is 9.88. The SMILES string of the molecule is COC(=O)[C@H](CSCc1ccccc1)NS(=O)(=O)c1cc(Cl)sc1Cl. The molecular formula is C15H15Cl2NO4S3. The molecule has 0 radical (unpaired) electrons. The van der Waals surface area contributed by atoms with E-state index in [2.05, 4.69) is 4.72 Å². The van der Waals surface area contributed by atoms with Gasteiger partial charge in [-0.25, -0.2) is 8.42 Å². The zero-order chi connectivity index (χ0) is 18.4. The summed E-state index contributed by atoms with van der Waals surface area (Å²) in [4.78, 5) is 11.8. The second-order valence-corrected chi connectivity index (χ2v) is 9.88. The van der Waals surface area contributed by atoms with Crippen LogP contribution in [0.25, 0.3) is 0 Å². The number of hydrogen-bond acceptors (Lipinski definition) is 6. The topological polar surface area (TPSA) is 72.5 Å². The van der Waals surface area contributed by atoms with Crippen molar-refractivity contribution in [3.8, 4) is 0 Å². The van der Waals surface area contributed by atoms with Gasteiger partial charge in [0.15, 0.2) is 0 Å². The zero-order valence-corrected chi connectivity index (χ0v) is 17.0. The van der Waals surface area contributed by atoms with Gasteiger partial charge in [0.2, 0.25) is 10.0 Å². The van der Waals surface area contributed by atoms with E-state index >= 15 is 0 Å². The van der Waals surface area contributed by atoms with E-state index in [9.17, 15) is 13.2 Å². The average Bonchev–Trinajstić information content (AvgIpc) is 2.93. The Kier molecular flexibility index (Phi) is 7.60. The van der Waals surface area contributed by atoms with Crippen molar-refractivity contribution in [3.63, 3.8) is 0 Å². The Hall–Kier alpha value is -0.770. The van der Waals surface area contributed by atoms with E-state index in [0.717, 1.165) is 16.9 Å². The van der Waals surface area contributed by atoms with Crippen LogP contribution in [0.3, 0.4) is 0 Å². The van der Waals surface area contributed by atoms with Crippen LogP contribution in [-0.2, 0) is 25.3 Å². The van der Waals surface area contributed by atoms with Crippen LogP contribution < -0.4 is 4.72 Å². The third-order valence-electron chi connectivity index (χ3n) is 3.09. The lowest BCUT2D eigenvalue weighted by Crippen LogP contribution is -2.43. The fraction of sp³-hybridized carbons (Fsp3) is 0.267. The summed E-state index contributed by atoms with van der Waals surface area (Å²) in [7, 11) is -2.78. The highest BCUT2D eigenvalue weighted by Crippen LogP contribution is 2.34. The van der Waals surface area contributed by atoms with E-state index < -0.39 is 22.0 Å². The Morgan fingerprint density at radius 3 is 2.56 bits per heavy atom. The molecule has 1 N–H and O–H groups in total. The molecule has 2 aromatic rings. The first-order valence-electron chi connectivity index (χ1n) is 7.00. The second kappa shape index (κ2) is 9.25. The Morgan fingerprint density at radius 1 is 1.32 bits per heavy atom. The summed E-state index contributed by atoms with van der Waals surface area (Å²) in [6.07, 6.45) is 0. The first kappa shape index (κ1) is 20.5. The van der Waals surface area contributed by atoms with Crippen molar-refractivity contribution in [2.45, 2.75) is 16.7 Å². The van der Waals surface area contributed by atoms with Crippen LogP contribution in [0.15, 0.2) is 41.3 Å². The van der Waals surface area contributed by atoms with Gasteiger partial charge in [-0.1, -0.05) is 53.5 Å². The maximum atomic E-state index is 12.5. The minimum Gasteiger partial charge on any atom is -0.468 e. The van der Waals surface area contributed by atoms with Crippen molar-refractivity contribution in [3.05, 3.63) is 50.6 Å². The lowest BCUT2D eigenvalue weighted by Gasteiger charge is -2.16. The van der Waals surface area contributed by atoms with E-state index in [0.29, 0.717) is 5.75 Å². The highest BCUT2D eigenvalue weighted by Gasteiger charge is 2.29. The number of esters is 1. The number of thiophene rings is 1. The normalized spacial score (nSPS) is 12.8. The van der Waals surface area contributed by atoms with E-state index in [1.54, 1.807) is 0 Å². The van der Waals surface area contributed by atoms with Gasteiger partial charge in [-0.3, -0.25) is 4.79 Å². The largest absolute Gasteiger partial charge is 0.468 e. The van der Waals surface area contributed by atoms with Crippen molar-refractivity contribution >= 4 is 62.3 Å². The number of hydrogen-bond donors (Lipinski definition) is 1. The molecule has 10 heteroatoms. The van der Waals surface area contributed by atoms with Gasteiger partial charge >= 0.3 is 5.97 Å². The minimum atomic E-state index is -3.99. The van der Waals surface area contributed by atoms with E-state index in [4.69, 9.17) is 27.9 Å². The van der Waals surface area contributed by atoms with Crippen molar-refractivity contribution in [1.82, 2.24) is 4.72 Å². The maximum Gasteiger partial charge on any atom is 0.324 e. The molecule has 0 aliphatic rings. The first-order valence-corrected chi connectivity index (χ1v) is 11.2. The summed E-state index contributed by atoms with van der Waals surface area (Å²) < 4.78 is 32.3. The number of sulfonamides is 1. The molecule has 0 aliphatic carbocycles. The fourth-order valence-electron chi connectivity index (χ4n) is 1.92. The monoisotopic (exact) mass is 439 g/mol. The molecule has 25 heavy (non-hydrogen) atoms. The predicted octanol–water partition coefficient (Wildman–Crippen LogP) is 3.81. The molecule has 0 spiro atoms. The quantitative estimate of drug-likeness (QED) is 0.632. The number of halogens is 2.